The van der Waals surface area contributed by atoms with Gasteiger partial charge in [-0.15, -0.1) is 0 Å². The van der Waals surface area contributed by atoms with Gasteiger partial charge in [-0.2, -0.15) is 4.98 Å². The van der Waals surface area contributed by atoms with Gasteiger partial charge in [0.15, 0.2) is 17.5 Å². The average molecular weight is 501 g/mol. The third kappa shape index (κ3) is 4.25. The Balaban J connectivity index is 1.50. The van der Waals surface area contributed by atoms with Gasteiger partial charge in [0.1, 0.15) is 23.0 Å². The summed E-state index contributed by atoms with van der Waals surface area (Å²) in [6.07, 6.45) is 4.43. The van der Waals surface area contributed by atoms with Gasteiger partial charge >= 0.3 is 0 Å². The van der Waals surface area contributed by atoms with Gasteiger partial charge in [-0.25, -0.2) is 23.1 Å². The van der Waals surface area contributed by atoms with Crippen LogP contribution >= 0.6 is 11.6 Å². The number of fused-ring (bicyclic) bond motifs is 1. The first-order valence-corrected chi connectivity index (χ1v) is 11.1. The Morgan fingerprint density at radius 2 is 1.89 bits per heavy atom. The number of aromatic nitrogens is 4. The molecule has 2 aromatic heterocycles. The summed E-state index contributed by atoms with van der Waals surface area (Å²) in [6, 6.07) is 7.49. The number of nitrogens with one attached hydrogen (secondary N) is 2. The molecule has 0 amide bonds. The molecule has 4 aromatic rings. The zero-order valence-electron chi connectivity index (χ0n) is 18.7. The maximum absolute atomic E-state index is 13.9. The summed E-state index contributed by atoms with van der Waals surface area (Å²) in [5, 5.41) is 6.59. The fourth-order valence-electron chi connectivity index (χ4n) is 4.35. The molecule has 5 rings (SSSR count). The lowest BCUT2D eigenvalue weighted by Gasteiger charge is -2.16. The van der Waals surface area contributed by atoms with Crippen molar-refractivity contribution in [1.82, 2.24) is 19.5 Å². The molecule has 2 N–H and O–H groups in total. The van der Waals surface area contributed by atoms with Crippen molar-refractivity contribution in [3.05, 3.63) is 82.3 Å². The molecule has 1 atom stereocenters. The van der Waals surface area contributed by atoms with E-state index in [1.807, 2.05) is 12.1 Å². The molecule has 1 unspecified atom stereocenters. The van der Waals surface area contributed by atoms with Crippen molar-refractivity contribution >= 4 is 29.1 Å². The molecule has 0 spiro atoms. The minimum atomic E-state index is -1.48. The number of anilines is 3. The van der Waals surface area contributed by atoms with Crippen LogP contribution in [0, 0.1) is 17.5 Å². The highest BCUT2D eigenvalue weighted by molar-refractivity contribution is 6.29. The quantitative estimate of drug-likeness (QED) is 0.335. The van der Waals surface area contributed by atoms with Crippen molar-refractivity contribution in [2.24, 2.45) is 0 Å². The molecule has 7 nitrogen and oxygen atoms in total. The van der Waals surface area contributed by atoms with Crippen molar-refractivity contribution in [2.45, 2.75) is 18.8 Å². The van der Waals surface area contributed by atoms with Crippen LogP contribution in [0.1, 0.15) is 29.2 Å². The molecule has 0 fully saturated rings. The number of hydrogen-bond acceptors (Lipinski definition) is 6. The van der Waals surface area contributed by atoms with Crippen molar-refractivity contribution in [1.29, 1.82) is 0 Å². The van der Waals surface area contributed by atoms with E-state index in [2.05, 4.69) is 25.6 Å². The SMILES string of the molecule is CNc1nc(Nc2ccc(-n3cnc(Cl)c3)c(OC)c2)nc2c1CCC2c1cc(F)c(F)c(F)c1. The number of imidazole rings is 1. The smallest absolute Gasteiger partial charge is 0.229 e. The summed E-state index contributed by atoms with van der Waals surface area (Å²) in [7, 11) is 3.29. The summed E-state index contributed by atoms with van der Waals surface area (Å²) < 4.78 is 48.6. The number of ether oxygens (including phenoxy) is 1. The van der Waals surface area contributed by atoms with E-state index in [1.165, 1.54) is 0 Å². The third-order valence-corrected chi connectivity index (χ3v) is 6.16. The molecule has 1 aliphatic carbocycles. The predicted octanol–water partition coefficient (Wildman–Crippen LogP) is 5.61. The van der Waals surface area contributed by atoms with E-state index in [0.29, 0.717) is 52.5 Å². The van der Waals surface area contributed by atoms with Crippen LogP contribution in [-0.2, 0) is 6.42 Å². The molecule has 2 aromatic carbocycles. The Hall–Kier alpha value is -3.79. The van der Waals surface area contributed by atoms with E-state index in [0.717, 1.165) is 23.4 Å². The van der Waals surface area contributed by atoms with Crippen LogP contribution < -0.4 is 15.4 Å². The van der Waals surface area contributed by atoms with E-state index < -0.39 is 23.4 Å². The van der Waals surface area contributed by atoms with Crippen LogP contribution in [0.4, 0.5) is 30.6 Å². The molecule has 180 valence electrons. The van der Waals surface area contributed by atoms with Gasteiger partial charge < -0.3 is 19.9 Å². The second kappa shape index (κ2) is 9.10. The van der Waals surface area contributed by atoms with Gasteiger partial charge in [-0.3, -0.25) is 0 Å². The molecule has 0 saturated heterocycles. The van der Waals surface area contributed by atoms with Gasteiger partial charge in [0, 0.05) is 36.5 Å². The molecule has 11 heteroatoms. The lowest BCUT2D eigenvalue weighted by Crippen LogP contribution is -2.08. The minimum absolute atomic E-state index is 0.295. The monoisotopic (exact) mass is 500 g/mol. The summed E-state index contributed by atoms with van der Waals surface area (Å²) >= 11 is 5.93. The van der Waals surface area contributed by atoms with Crippen molar-refractivity contribution < 1.29 is 17.9 Å². The van der Waals surface area contributed by atoms with E-state index in [1.54, 1.807) is 37.3 Å². The molecule has 1 aliphatic rings. The molecular weight excluding hydrogens is 481 g/mol. The Labute approximate surface area is 204 Å². The highest BCUT2D eigenvalue weighted by atomic mass is 35.5. The Morgan fingerprint density at radius 1 is 1.11 bits per heavy atom. The maximum atomic E-state index is 13.9. The van der Waals surface area contributed by atoms with Crippen LogP contribution in [-0.4, -0.2) is 33.7 Å². The second-order valence-electron chi connectivity index (χ2n) is 8.01. The van der Waals surface area contributed by atoms with Crippen LogP contribution in [0.5, 0.6) is 5.75 Å². The Bertz CT molecular complexity index is 1400. The van der Waals surface area contributed by atoms with E-state index in [-0.39, 0.29) is 0 Å². The molecular formula is C24H20ClF3N6O. The van der Waals surface area contributed by atoms with Crippen LogP contribution in [0.2, 0.25) is 5.15 Å². The Morgan fingerprint density at radius 3 is 2.54 bits per heavy atom. The number of nitrogens with zero attached hydrogens (tertiary/aromatic N) is 4. The zero-order valence-corrected chi connectivity index (χ0v) is 19.5. The first kappa shape index (κ1) is 23.0. The first-order valence-electron chi connectivity index (χ1n) is 10.8. The summed E-state index contributed by atoms with van der Waals surface area (Å²) in [4.78, 5) is 13.2. The van der Waals surface area contributed by atoms with E-state index >= 15 is 0 Å². The third-order valence-electron chi connectivity index (χ3n) is 5.96. The number of rotatable bonds is 6. The largest absolute Gasteiger partial charge is 0.494 e. The van der Waals surface area contributed by atoms with Crippen molar-refractivity contribution in [3.8, 4) is 11.4 Å². The molecule has 0 radical (unpaired) electrons. The highest BCUT2D eigenvalue weighted by Gasteiger charge is 2.30. The summed E-state index contributed by atoms with van der Waals surface area (Å²) in [5.74, 6) is -2.85. The topological polar surface area (TPSA) is 76.9 Å². The van der Waals surface area contributed by atoms with E-state index in [4.69, 9.17) is 16.3 Å². The van der Waals surface area contributed by atoms with Crippen molar-refractivity contribution in [2.75, 3.05) is 24.8 Å². The van der Waals surface area contributed by atoms with Crippen LogP contribution in [0.3, 0.4) is 0 Å². The zero-order chi connectivity index (χ0) is 24.7. The molecule has 0 bridgehead atoms. The minimum Gasteiger partial charge on any atom is -0.494 e. The first-order chi connectivity index (χ1) is 16.9. The van der Waals surface area contributed by atoms with Crippen LogP contribution in [0.25, 0.3) is 5.69 Å². The predicted molar refractivity (Wildman–Crippen MR) is 126 cm³/mol. The molecule has 2 heterocycles. The Kier molecular flexibility index (Phi) is 5.98. The summed E-state index contributed by atoms with van der Waals surface area (Å²) in [6.45, 7) is 0. The average Bonchev–Trinajstić information content (AvgIpc) is 3.48. The molecule has 0 aliphatic heterocycles. The van der Waals surface area contributed by atoms with Gasteiger partial charge in [0.25, 0.3) is 0 Å². The van der Waals surface area contributed by atoms with Gasteiger partial charge in [-0.1, -0.05) is 11.6 Å². The fourth-order valence-corrected chi connectivity index (χ4v) is 4.50. The van der Waals surface area contributed by atoms with E-state index in [9.17, 15) is 13.2 Å². The number of methoxy groups -OCH3 is 1. The lowest BCUT2D eigenvalue weighted by molar-refractivity contribution is 0.413. The van der Waals surface area contributed by atoms with Gasteiger partial charge in [0.2, 0.25) is 5.95 Å². The molecule has 35 heavy (non-hydrogen) atoms. The maximum Gasteiger partial charge on any atom is 0.229 e. The number of halogens is 4. The van der Waals surface area contributed by atoms with Gasteiger partial charge in [-0.05, 0) is 42.7 Å². The number of benzene rings is 2. The normalized spacial score (nSPS) is 14.6. The standard InChI is InChI=1S/C24H20ClF3N6O/c1-29-23-15-5-4-14(12-7-16(26)21(28)17(27)8-12)22(15)32-24(33-23)31-13-3-6-18(19(9-13)35-2)34-10-20(25)30-11-34/h3,6-11,14H,4-5H2,1-2H3,(H2,29,31,32,33). The molecule has 0 saturated carbocycles. The fraction of sp³-hybridized carbons (Fsp3) is 0.208. The number of hydrogen-bond donors (Lipinski definition) is 2. The second-order valence-corrected chi connectivity index (χ2v) is 8.40. The van der Waals surface area contributed by atoms with Crippen molar-refractivity contribution in [3.63, 3.8) is 0 Å². The lowest BCUT2D eigenvalue weighted by atomic mass is 9.96. The van der Waals surface area contributed by atoms with Crippen LogP contribution in [0.15, 0.2) is 42.9 Å². The van der Waals surface area contributed by atoms with Gasteiger partial charge in [0.05, 0.1) is 18.5 Å². The summed E-state index contributed by atoms with van der Waals surface area (Å²) in [5.41, 5.74) is 3.22. The highest BCUT2D eigenvalue weighted by Crippen LogP contribution is 2.41.